The van der Waals surface area contributed by atoms with Gasteiger partial charge < -0.3 is 25.8 Å². The van der Waals surface area contributed by atoms with Crippen LogP contribution in [0.15, 0.2) is 24.3 Å². The van der Waals surface area contributed by atoms with Gasteiger partial charge in [0.25, 0.3) is 0 Å². The van der Waals surface area contributed by atoms with E-state index in [1.807, 2.05) is 4.90 Å². The van der Waals surface area contributed by atoms with Gasteiger partial charge in [-0.1, -0.05) is 160 Å². The maximum absolute atomic E-state index is 13.2. The molecule has 1 fully saturated rings. The molecule has 0 aliphatic carbocycles. The van der Waals surface area contributed by atoms with Crippen molar-refractivity contribution < 1.29 is 14.3 Å². The largest absolute Gasteiger partial charge is 0.381 e. The van der Waals surface area contributed by atoms with Gasteiger partial charge in [-0.2, -0.15) is 0 Å². The number of unbranched alkanes of at least 4 members (excludes halogenated alkanes) is 25. The number of carbonyl (C=O) groups is 1. The van der Waals surface area contributed by atoms with Crippen LogP contribution in [0.3, 0.4) is 0 Å². The Kier molecular flexibility index (Phi) is 37.6. The van der Waals surface area contributed by atoms with Gasteiger partial charge in [0.1, 0.15) is 0 Å². The Balaban J connectivity index is 2.18. The first-order valence-corrected chi connectivity index (χ1v) is 23.8. The molecule has 0 aromatic heterocycles. The second-order valence-corrected chi connectivity index (χ2v) is 16.7. The highest BCUT2D eigenvalue weighted by Gasteiger charge is 2.36. The van der Waals surface area contributed by atoms with Crippen LogP contribution >= 0.6 is 0 Å². The topological polar surface area (TPSA) is 90.8 Å². The van der Waals surface area contributed by atoms with Gasteiger partial charge in [-0.3, -0.25) is 4.79 Å². The molecular weight excluding hydrogens is 667 g/mol. The third kappa shape index (κ3) is 30.9. The third-order valence-corrected chi connectivity index (χ3v) is 11.4. The lowest BCUT2D eigenvalue weighted by Gasteiger charge is -2.21. The minimum atomic E-state index is -0.431. The zero-order valence-corrected chi connectivity index (χ0v) is 36.2. The number of nitrogens with zero attached hydrogens (tertiary/aromatic N) is 1. The first kappa shape index (κ1) is 50.8. The van der Waals surface area contributed by atoms with Crippen LogP contribution in [0.2, 0.25) is 0 Å². The lowest BCUT2D eigenvalue weighted by molar-refractivity contribution is -0.132. The second-order valence-electron chi connectivity index (χ2n) is 16.7. The zero-order valence-electron chi connectivity index (χ0n) is 36.2. The smallest absolute Gasteiger partial charge is 0.239 e. The first-order valence-electron chi connectivity index (χ1n) is 23.8. The summed E-state index contributed by atoms with van der Waals surface area (Å²) in [5.41, 5.74) is 12.0. The van der Waals surface area contributed by atoms with E-state index in [1.165, 1.54) is 167 Å². The van der Waals surface area contributed by atoms with E-state index in [9.17, 15) is 4.79 Å². The van der Waals surface area contributed by atoms with Gasteiger partial charge in [0.15, 0.2) is 0 Å². The Bertz CT molecular complexity index is 795. The monoisotopic (exact) mass is 760 g/mol. The number of rotatable bonds is 41. The van der Waals surface area contributed by atoms with Gasteiger partial charge in [0, 0.05) is 38.1 Å². The summed E-state index contributed by atoms with van der Waals surface area (Å²) in [7, 11) is 0. The molecule has 6 heteroatoms. The number of nitrogens with two attached hydrogens (primary N) is 2. The zero-order chi connectivity index (χ0) is 39.0. The van der Waals surface area contributed by atoms with E-state index >= 15 is 0 Å². The number of hydrogen-bond acceptors (Lipinski definition) is 5. The Morgan fingerprint density at radius 3 is 1.26 bits per heavy atom. The highest BCUT2D eigenvalue weighted by atomic mass is 16.5. The molecule has 1 saturated heterocycles. The van der Waals surface area contributed by atoms with E-state index in [0.29, 0.717) is 38.0 Å². The van der Waals surface area contributed by atoms with Crippen molar-refractivity contribution in [2.75, 3.05) is 46.1 Å². The van der Waals surface area contributed by atoms with Crippen LogP contribution < -0.4 is 11.5 Å². The molecule has 0 bridgehead atoms. The van der Waals surface area contributed by atoms with Crippen LogP contribution in [-0.4, -0.2) is 62.9 Å². The summed E-state index contributed by atoms with van der Waals surface area (Å²) in [6.07, 6.45) is 49.0. The summed E-state index contributed by atoms with van der Waals surface area (Å²) in [6.45, 7) is 9.73. The highest BCUT2D eigenvalue weighted by Crippen LogP contribution is 2.26. The van der Waals surface area contributed by atoms with E-state index in [0.717, 1.165) is 52.0 Å². The summed E-state index contributed by atoms with van der Waals surface area (Å²) in [6, 6.07) is -0.431. The molecule has 0 spiro atoms. The lowest BCUT2D eigenvalue weighted by atomic mass is 9.98. The molecule has 54 heavy (non-hydrogen) atoms. The fraction of sp³-hybridized carbons (Fsp3) is 0.896. The number of allylic oxidation sites excluding steroid dienone is 4. The molecule has 1 aliphatic rings. The van der Waals surface area contributed by atoms with E-state index in [4.69, 9.17) is 20.9 Å². The van der Waals surface area contributed by atoms with Crippen molar-refractivity contribution in [3.8, 4) is 0 Å². The van der Waals surface area contributed by atoms with Crippen LogP contribution in [0, 0.1) is 11.8 Å². The van der Waals surface area contributed by atoms with Crippen LogP contribution in [0.25, 0.3) is 0 Å². The molecular formula is C48H93N3O3. The van der Waals surface area contributed by atoms with Crippen molar-refractivity contribution in [3.63, 3.8) is 0 Å². The highest BCUT2D eigenvalue weighted by molar-refractivity contribution is 5.81. The SMILES string of the molecule is CCCCCCCC/C=C\CCCCCCCCOCC1CN(C(=O)[C@@H](N)CCCCN)C[C@H]1COCCCCCCCC/C=C\CCCCCCCC. The van der Waals surface area contributed by atoms with E-state index in [1.54, 1.807) is 0 Å². The molecule has 1 heterocycles. The standard InChI is InChI=1S/C48H93N3O3/c1-3-5-7-9-11-13-15-17-19-21-23-25-27-29-31-35-39-53-43-45-41-51(48(52)47(50)37-33-34-38-49)42-46(45)44-54-40-36-32-30-28-26-24-22-20-18-16-14-12-10-8-6-4-2/h17-20,45-47H,3-16,21-44,49-50H2,1-2H3/b19-17-,20-18-/t45-,46?,47-/m0/s1. The van der Waals surface area contributed by atoms with E-state index in [2.05, 4.69) is 38.2 Å². The van der Waals surface area contributed by atoms with Crippen molar-refractivity contribution >= 4 is 5.91 Å². The molecule has 6 nitrogen and oxygen atoms in total. The van der Waals surface area contributed by atoms with Crippen molar-refractivity contribution in [3.05, 3.63) is 24.3 Å². The minimum Gasteiger partial charge on any atom is -0.381 e. The average Bonchev–Trinajstić information content (AvgIpc) is 3.59. The van der Waals surface area contributed by atoms with Crippen molar-refractivity contribution in [1.29, 1.82) is 0 Å². The van der Waals surface area contributed by atoms with Gasteiger partial charge in [0.2, 0.25) is 5.91 Å². The molecule has 318 valence electrons. The molecule has 4 N–H and O–H groups in total. The fourth-order valence-electron chi connectivity index (χ4n) is 7.74. The predicted molar refractivity (Wildman–Crippen MR) is 235 cm³/mol. The Labute approximate surface area is 336 Å². The quantitative estimate of drug-likeness (QED) is 0.0478. The molecule has 0 aromatic carbocycles. The number of ether oxygens (including phenoxy) is 2. The predicted octanol–water partition coefficient (Wildman–Crippen LogP) is 12.6. The third-order valence-electron chi connectivity index (χ3n) is 11.4. The number of carbonyl (C=O) groups excluding carboxylic acids is 1. The molecule has 3 atom stereocenters. The van der Waals surface area contributed by atoms with E-state index in [-0.39, 0.29) is 5.91 Å². The Morgan fingerprint density at radius 2 is 0.889 bits per heavy atom. The van der Waals surface area contributed by atoms with Crippen molar-refractivity contribution in [1.82, 2.24) is 4.90 Å². The molecule has 0 saturated carbocycles. The maximum Gasteiger partial charge on any atom is 0.239 e. The summed E-state index contributed by atoms with van der Waals surface area (Å²) < 4.78 is 12.4. The molecule has 1 rings (SSSR count). The van der Waals surface area contributed by atoms with Gasteiger partial charge in [-0.15, -0.1) is 0 Å². The van der Waals surface area contributed by atoms with Crippen molar-refractivity contribution in [2.24, 2.45) is 23.3 Å². The van der Waals surface area contributed by atoms with Crippen molar-refractivity contribution in [2.45, 2.75) is 219 Å². The van der Waals surface area contributed by atoms with Crippen LogP contribution in [0.4, 0.5) is 0 Å². The summed E-state index contributed by atoms with van der Waals surface area (Å²) in [4.78, 5) is 15.2. The molecule has 1 amide bonds. The number of amides is 1. The van der Waals surface area contributed by atoms with Crippen LogP contribution in [-0.2, 0) is 14.3 Å². The van der Waals surface area contributed by atoms with Gasteiger partial charge in [0.05, 0.1) is 19.3 Å². The summed E-state index contributed by atoms with van der Waals surface area (Å²) >= 11 is 0. The molecule has 0 aromatic rings. The normalized spacial score (nSPS) is 16.8. The first-order chi connectivity index (χ1) is 26.6. The van der Waals surface area contributed by atoms with Crippen LogP contribution in [0.1, 0.15) is 213 Å². The lowest BCUT2D eigenvalue weighted by Crippen LogP contribution is -2.43. The van der Waals surface area contributed by atoms with Gasteiger partial charge >= 0.3 is 0 Å². The minimum absolute atomic E-state index is 0.0844. The van der Waals surface area contributed by atoms with Gasteiger partial charge in [-0.05, 0) is 83.6 Å². The molecule has 1 unspecified atom stereocenters. The van der Waals surface area contributed by atoms with E-state index < -0.39 is 6.04 Å². The van der Waals surface area contributed by atoms with Gasteiger partial charge in [-0.25, -0.2) is 0 Å². The average molecular weight is 760 g/mol. The number of likely N-dealkylation sites (tertiary alicyclic amines) is 1. The maximum atomic E-state index is 13.2. The Morgan fingerprint density at radius 1 is 0.537 bits per heavy atom. The summed E-state index contributed by atoms with van der Waals surface area (Å²) in [5, 5.41) is 0. The summed E-state index contributed by atoms with van der Waals surface area (Å²) in [5.74, 6) is 0.722. The fourth-order valence-corrected chi connectivity index (χ4v) is 7.74. The number of hydrogen-bond donors (Lipinski definition) is 2. The molecule has 1 aliphatic heterocycles. The molecule has 0 radical (unpaired) electrons. The Hall–Kier alpha value is -1.21. The second kappa shape index (κ2) is 40.0. The van der Waals surface area contributed by atoms with Crippen LogP contribution in [0.5, 0.6) is 0 Å².